The summed E-state index contributed by atoms with van der Waals surface area (Å²) >= 11 is 0. The molecule has 9 heteroatoms. The van der Waals surface area contributed by atoms with Crippen LogP contribution in [0.5, 0.6) is 11.6 Å². The lowest BCUT2D eigenvalue weighted by molar-refractivity contribution is -0.120. The minimum atomic E-state index is -3.30. The molecular weight excluding hydrogens is 404 g/mol. The Morgan fingerprint density at radius 2 is 1.77 bits per heavy atom. The van der Waals surface area contributed by atoms with Crippen LogP contribution in [0.15, 0.2) is 36.4 Å². The summed E-state index contributed by atoms with van der Waals surface area (Å²) in [6.07, 6.45) is 2.47. The number of ether oxygens (including phenoxy) is 1. The van der Waals surface area contributed by atoms with E-state index in [-0.39, 0.29) is 23.8 Å². The number of benzene rings is 1. The van der Waals surface area contributed by atoms with Crippen LogP contribution in [0.3, 0.4) is 0 Å². The van der Waals surface area contributed by atoms with Crippen LogP contribution in [0.1, 0.15) is 45.2 Å². The third kappa shape index (κ3) is 5.99. The number of hydrogen-bond donors (Lipinski definition) is 2. The first-order valence-corrected chi connectivity index (χ1v) is 11.7. The maximum atomic E-state index is 12.7. The van der Waals surface area contributed by atoms with Crippen molar-refractivity contribution in [1.29, 1.82) is 0 Å². The first-order valence-electron chi connectivity index (χ1n) is 10.1. The number of aryl methyl sites for hydroxylation is 1. The van der Waals surface area contributed by atoms with Gasteiger partial charge in [-0.05, 0) is 58.6 Å². The van der Waals surface area contributed by atoms with Crippen LogP contribution in [0.25, 0.3) is 0 Å². The van der Waals surface area contributed by atoms with Gasteiger partial charge in [-0.1, -0.05) is 18.2 Å². The van der Waals surface area contributed by atoms with E-state index in [1.807, 2.05) is 30.3 Å². The van der Waals surface area contributed by atoms with E-state index in [1.165, 1.54) is 0 Å². The number of sulfonamides is 1. The largest absolute Gasteiger partial charge is 0.439 e. The Morgan fingerprint density at radius 3 is 2.40 bits per heavy atom. The number of nitrogens with one attached hydrogen (secondary N) is 2. The summed E-state index contributed by atoms with van der Waals surface area (Å²) in [7, 11) is -3.30. The van der Waals surface area contributed by atoms with E-state index in [4.69, 9.17) is 4.74 Å². The third-order valence-corrected chi connectivity index (χ3v) is 6.98. The van der Waals surface area contributed by atoms with Gasteiger partial charge in [-0.3, -0.25) is 10.1 Å². The quantitative estimate of drug-likeness (QED) is 0.694. The number of para-hydroxylation sites is 1. The lowest BCUT2D eigenvalue weighted by Gasteiger charge is -2.28. The summed E-state index contributed by atoms with van der Waals surface area (Å²) in [6.45, 7) is 5.11. The topological polar surface area (TPSA) is 110 Å². The zero-order valence-electron chi connectivity index (χ0n) is 17.5. The predicted octanol–water partition coefficient (Wildman–Crippen LogP) is 3.40. The van der Waals surface area contributed by atoms with Crippen molar-refractivity contribution in [2.45, 2.75) is 57.7 Å². The molecular formula is C21H28N4O4S. The van der Waals surface area contributed by atoms with E-state index in [1.54, 1.807) is 26.8 Å². The van der Waals surface area contributed by atoms with Crippen molar-refractivity contribution in [3.05, 3.63) is 42.1 Å². The number of carbonyl (C=O) groups excluding carboxylic acids is 1. The lowest BCUT2D eigenvalue weighted by atomic mass is 9.86. The van der Waals surface area contributed by atoms with Gasteiger partial charge >= 0.3 is 0 Å². The Balaban J connectivity index is 1.57. The van der Waals surface area contributed by atoms with Crippen molar-refractivity contribution < 1.29 is 17.9 Å². The maximum absolute atomic E-state index is 12.7. The molecule has 0 unspecified atom stereocenters. The fourth-order valence-corrected chi connectivity index (χ4v) is 4.28. The molecule has 1 aromatic carbocycles. The third-order valence-electron chi connectivity index (χ3n) is 5.08. The molecule has 1 aliphatic rings. The van der Waals surface area contributed by atoms with Crippen molar-refractivity contribution in [3.8, 4) is 11.6 Å². The van der Waals surface area contributed by atoms with E-state index in [9.17, 15) is 13.2 Å². The monoisotopic (exact) mass is 432 g/mol. The molecule has 30 heavy (non-hydrogen) atoms. The molecule has 0 saturated heterocycles. The number of amides is 1. The van der Waals surface area contributed by atoms with E-state index < -0.39 is 15.3 Å². The minimum Gasteiger partial charge on any atom is -0.439 e. The van der Waals surface area contributed by atoms with Crippen LogP contribution >= 0.6 is 0 Å². The normalized spacial score (nSPS) is 19.5. The molecule has 162 valence electrons. The fraction of sp³-hybridized carbons (Fsp3) is 0.476. The van der Waals surface area contributed by atoms with Gasteiger partial charge in [-0.2, -0.15) is 4.98 Å². The van der Waals surface area contributed by atoms with E-state index in [0.717, 1.165) is 0 Å². The number of nitrogens with zero attached hydrogens (tertiary/aromatic N) is 2. The number of hydrogen-bond acceptors (Lipinski definition) is 6. The van der Waals surface area contributed by atoms with Crippen LogP contribution in [-0.2, 0) is 14.8 Å². The minimum absolute atomic E-state index is 0.123. The average molecular weight is 433 g/mol. The molecule has 0 aliphatic heterocycles. The molecule has 2 N–H and O–H groups in total. The first kappa shape index (κ1) is 22.2. The molecule has 1 fully saturated rings. The SMILES string of the molecule is Cc1cc(Oc2ccccc2)nc(NC(=O)C2CCC(NS(=O)(=O)C(C)C)CC2)n1. The molecule has 1 aliphatic carbocycles. The fourth-order valence-electron chi connectivity index (χ4n) is 3.31. The van der Waals surface area contributed by atoms with Gasteiger partial charge in [0.2, 0.25) is 27.8 Å². The smallest absolute Gasteiger partial charge is 0.232 e. The Bertz CT molecular complexity index is 972. The van der Waals surface area contributed by atoms with E-state index in [2.05, 4.69) is 20.0 Å². The molecule has 8 nitrogen and oxygen atoms in total. The van der Waals surface area contributed by atoms with Crippen LogP contribution in [0, 0.1) is 12.8 Å². The zero-order valence-corrected chi connectivity index (χ0v) is 18.3. The van der Waals surface area contributed by atoms with Gasteiger partial charge in [0.05, 0.1) is 5.25 Å². The molecule has 3 rings (SSSR count). The Morgan fingerprint density at radius 1 is 1.10 bits per heavy atom. The van der Waals surface area contributed by atoms with E-state index in [0.29, 0.717) is 43.0 Å². The first-order chi connectivity index (χ1) is 14.2. The average Bonchev–Trinajstić information content (AvgIpc) is 2.68. The summed E-state index contributed by atoms with van der Waals surface area (Å²) in [4.78, 5) is 21.2. The molecule has 2 aromatic rings. The van der Waals surface area contributed by atoms with Crippen LogP contribution in [-0.4, -0.2) is 35.6 Å². The molecule has 1 amide bonds. The van der Waals surface area contributed by atoms with Crippen LogP contribution in [0.4, 0.5) is 5.95 Å². The van der Waals surface area contributed by atoms with Gasteiger partial charge in [-0.15, -0.1) is 0 Å². The van der Waals surface area contributed by atoms with Crippen molar-refractivity contribution in [2.24, 2.45) is 5.92 Å². The summed E-state index contributed by atoms with van der Waals surface area (Å²) < 4.78 is 32.5. The molecule has 0 atom stereocenters. The summed E-state index contributed by atoms with van der Waals surface area (Å²) in [5.74, 6) is 0.850. The van der Waals surface area contributed by atoms with Gasteiger partial charge in [0.1, 0.15) is 5.75 Å². The van der Waals surface area contributed by atoms with Crippen molar-refractivity contribution in [1.82, 2.24) is 14.7 Å². The highest BCUT2D eigenvalue weighted by Gasteiger charge is 2.29. The Kier molecular flexibility index (Phi) is 7.04. The zero-order chi connectivity index (χ0) is 21.7. The van der Waals surface area contributed by atoms with Gasteiger partial charge in [0, 0.05) is 23.7 Å². The van der Waals surface area contributed by atoms with Crippen molar-refractivity contribution >= 4 is 21.9 Å². The Hall–Kier alpha value is -2.52. The number of carbonyl (C=O) groups is 1. The van der Waals surface area contributed by atoms with Crippen molar-refractivity contribution in [2.75, 3.05) is 5.32 Å². The van der Waals surface area contributed by atoms with Gasteiger partial charge in [0.25, 0.3) is 0 Å². The molecule has 1 heterocycles. The molecule has 1 saturated carbocycles. The number of anilines is 1. The van der Waals surface area contributed by atoms with Gasteiger partial charge < -0.3 is 4.74 Å². The van der Waals surface area contributed by atoms with Gasteiger partial charge in [-0.25, -0.2) is 18.1 Å². The second-order valence-corrected chi connectivity index (χ2v) is 10.1. The standard InChI is InChI=1S/C21H28N4O4S/c1-14(2)30(27,28)25-17-11-9-16(10-12-17)20(26)24-21-22-15(3)13-19(23-21)29-18-7-5-4-6-8-18/h4-8,13-14,16-17,25H,9-12H2,1-3H3,(H,22,23,24,26). The summed E-state index contributed by atoms with van der Waals surface area (Å²) in [5.41, 5.74) is 0.679. The second kappa shape index (κ2) is 9.53. The van der Waals surface area contributed by atoms with Crippen LogP contribution < -0.4 is 14.8 Å². The molecule has 1 aromatic heterocycles. The summed E-state index contributed by atoms with van der Waals surface area (Å²) in [5, 5.41) is 2.31. The number of rotatable bonds is 7. The highest BCUT2D eigenvalue weighted by atomic mass is 32.2. The lowest BCUT2D eigenvalue weighted by Crippen LogP contribution is -2.42. The highest BCUT2D eigenvalue weighted by molar-refractivity contribution is 7.90. The van der Waals surface area contributed by atoms with E-state index >= 15 is 0 Å². The highest BCUT2D eigenvalue weighted by Crippen LogP contribution is 2.27. The molecule has 0 radical (unpaired) electrons. The number of aromatic nitrogens is 2. The van der Waals surface area contributed by atoms with Gasteiger partial charge in [0.15, 0.2) is 0 Å². The molecule has 0 spiro atoms. The van der Waals surface area contributed by atoms with Crippen LogP contribution in [0.2, 0.25) is 0 Å². The Labute approximate surface area is 177 Å². The second-order valence-electron chi connectivity index (χ2n) is 7.84. The predicted molar refractivity (Wildman–Crippen MR) is 115 cm³/mol. The molecule has 0 bridgehead atoms. The van der Waals surface area contributed by atoms with Crippen molar-refractivity contribution in [3.63, 3.8) is 0 Å². The maximum Gasteiger partial charge on any atom is 0.232 e. The summed E-state index contributed by atoms with van der Waals surface area (Å²) in [6, 6.07) is 10.8.